The largest absolute Gasteiger partial charge is 0.455 e. The quantitative estimate of drug-likeness (QED) is 0.260. The number of fused-ring (bicyclic) bond motifs is 3. The van der Waals surface area contributed by atoms with E-state index in [1.807, 2.05) is 18.3 Å². The third kappa shape index (κ3) is 3.70. The standard InChI is InChI=1S/C32H27N2O/c1-21-14-15-30-26(18-21)27-19-22(2)25(31(32(27)35-30)28-12-6-8-16-33-28)20-23-10-4-5-11-24(23)29-13-7-9-17-34(29)3/h4-19H,20H2,1-3H3/q+1. The highest BCUT2D eigenvalue weighted by atomic mass is 16.3. The zero-order valence-electron chi connectivity index (χ0n) is 20.2. The fourth-order valence-electron chi connectivity index (χ4n) is 5.12. The van der Waals surface area contributed by atoms with Crippen LogP contribution in [0.1, 0.15) is 22.3 Å². The molecule has 0 radical (unpaired) electrons. The number of nitrogens with zero attached hydrogens (tertiary/aromatic N) is 2. The van der Waals surface area contributed by atoms with Crippen LogP contribution in [0.2, 0.25) is 0 Å². The zero-order chi connectivity index (χ0) is 23.9. The van der Waals surface area contributed by atoms with Crippen LogP contribution in [-0.4, -0.2) is 4.98 Å². The molecule has 0 saturated carbocycles. The third-order valence-electron chi connectivity index (χ3n) is 6.88. The van der Waals surface area contributed by atoms with E-state index in [-0.39, 0.29) is 0 Å². The summed E-state index contributed by atoms with van der Waals surface area (Å²) < 4.78 is 8.69. The van der Waals surface area contributed by atoms with E-state index in [1.165, 1.54) is 33.5 Å². The summed E-state index contributed by atoms with van der Waals surface area (Å²) in [5, 5.41) is 2.30. The summed E-state index contributed by atoms with van der Waals surface area (Å²) in [5.41, 5.74) is 11.3. The van der Waals surface area contributed by atoms with Gasteiger partial charge in [-0.15, -0.1) is 0 Å². The fraction of sp³-hybridized carbons (Fsp3) is 0.125. The van der Waals surface area contributed by atoms with E-state index in [1.54, 1.807) is 0 Å². The molecule has 0 aliphatic heterocycles. The lowest BCUT2D eigenvalue weighted by atomic mass is 9.89. The Kier molecular flexibility index (Phi) is 5.18. The molecule has 0 atom stereocenters. The molecule has 3 heteroatoms. The summed E-state index contributed by atoms with van der Waals surface area (Å²) >= 11 is 0. The molecule has 0 saturated heterocycles. The van der Waals surface area contributed by atoms with E-state index in [0.717, 1.165) is 39.6 Å². The molecule has 0 aliphatic carbocycles. The van der Waals surface area contributed by atoms with Gasteiger partial charge in [-0.25, -0.2) is 4.57 Å². The molecule has 0 bridgehead atoms. The maximum absolute atomic E-state index is 6.52. The van der Waals surface area contributed by atoms with Gasteiger partial charge >= 0.3 is 0 Å². The summed E-state index contributed by atoms with van der Waals surface area (Å²) in [7, 11) is 2.10. The van der Waals surface area contributed by atoms with Gasteiger partial charge < -0.3 is 4.42 Å². The molecule has 35 heavy (non-hydrogen) atoms. The summed E-state index contributed by atoms with van der Waals surface area (Å²) in [4.78, 5) is 4.76. The van der Waals surface area contributed by atoms with Crippen LogP contribution in [0.4, 0.5) is 0 Å². The molecule has 3 nitrogen and oxygen atoms in total. The summed E-state index contributed by atoms with van der Waals surface area (Å²) in [5.74, 6) is 0. The van der Waals surface area contributed by atoms with Crippen molar-refractivity contribution in [1.82, 2.24) is 4.98 Å². The van der Waals surface area contributed by atoms with E-state index in [2.05, 4.69) is 104 Å². The molecule has 0 spiro atoms. The van der Waals surface area contributed by atoms with Gasteiger partial charge in [0.1, 0.15) is 18.2 Å². The first-order chi connectivity index (χ1) is 17.1. The lowest BCUT2D eigenvalue weighted by molar-refractivity contribution is -0.660. The van der Waals surface area contributed by atoms with Crippen LogP contribution in [0, 0.1) is 13.8 Å². The number of rotatable bonds is 4. The molecule has 0 amide bonds. The van der Waals surface area contributed by atoms with Crippen molar-refractivity contribution in [2.24, 2.45) is 7.05 Å². The zero-order valence-corrected chi connectivity index (χ0v) is 20.2. The smallest absolute Gasteiger partial charge is 0.212 e. The van der Waals surface area contributed by atoms with Crippen molar-refractivity contribution in [3.8, 4) is 22.5 Å². The van der Waals surface area contributed by atoms with Crippen LogP contribution in [0.5, 0.6) is 0 Å². The molecule has 170 valence electrons. The van der Waals surface area contributed by atoms with Crippen molar-refractivity contribution >= 4 is 21.9 Å². The highest BCUT2D eigenvalue weighted by Gasteiger charge is 2.22. The lowest BCUT2D eigenvalue weighted by Gasteiger charge is -2.15. The average Bonchev–Trinajstić information content (AvgIpc) is 3.23. The molecule has 0 fully saturated rings. The highest BCUT2D eigenvalue weighted by Crippen LogP contribution is 2.40. The molecular formula is C32H27N2O+. The second-order valence-corrected chi connectivity index (χ2v) is 9.27. The van der Waals surface area contributed by atoms with Gasteiger partial charge in [-0.1, -0.05) is 35.9 Å². The predicted molar refractivity (Wildman–Crippen MR) is 142 cm³/mol. The summed E-state index contributed by atoms with van der Waals surface area (Å²) in [6.07, 6.45) is 4.74. The van der Waals surface area contributed by atoms with Gasteiger partial charge in [0.25, 0.3) is 0 Å². The van der Waals surface area contributed by atoms with E-state index < -0.39 is 0 Å². The van der Waals surface area contributed by atoms with Crippen molar-refractivity contribution in [3.05, 3.63) is 120 Å². The molecule has 3 aromatic carbocycles. The Labute approximate surface area is 205 Å². The number of aromatic nitrogens is 2. The number of aryl methyl sites for hydroxylation is 3. The Balaban J connectivity index is 1.62. The van der Waals surface area contributed by atoms with Gasteiger partial charge in [0.05, 0.1) is 5.69 Å². The fourth-order valence-corrected chi connectivity index (χ4v) is 5.12. The van der Waals surface area contributed by atoms with Crippen molar-refractivity contribution < 1.29 is 8.98 Å². The van der Waals surface area contributed by atoms with E-state index in [9.17, 15) is 0 Å². The minimum atomic E-state index is 0.787. The topological polar surface area (TPSA) is 29.9 Å². The monoisotopic (exact) mass is 455 g/mol. The number of pyridine rings is 2. The van der Waals surface area contributed by atoms with Gasteiger partial charge in [-0.2, -0.15) is 0 Å². The van der Waals surface area contributed by atoms with Crippen LogP contribution < -0.4 is 4.57 Å². The number of furan rings is 1. The first kappa shape index (κ1) is 21.3. The van der Waals surface area contributed by atoms with Crippen LogP contribution in [0.3, 0.4) is 0 Å². The lowest BCUT2D eigenvalue weighted by Crippen LogP contribution is -2.30. The van der Waals surface area contributed by atoms with Crippen molar-refractivity contribution in [3.63, 3.8) is 0 Å². The van der Waals surface area contributed by atoms with E-state index >= 15 is 0 Å². The second-order valence-electron chi connectivity index (χ2n) is 9.27. The molecular weight excluding hydrogens is 428 g/mol. The van der Waals surface area contributed by atoms with E-state index in [4.69, 9.17) is 9.40 Å². The number of hydrogen-bond donors (Lipinski definition) is 0. The normalized spacial score (nSPS) is 11.4. The maximum atomic E-state index is 6.52. The van der Waals surface area contributed by atoms with Crippen LogP contribution in [-0.2, 0) is 13.5 Å². The minimum Gasteiger partial charge on any atom is -0.455 e. The van der Waals surface area contributed by atoms with Crippen LogP contribution in [0.25, 0.3) is 44.5 Å². The van der Waals surface area contributed by atoms with Crippen molar-refractivity contribution in [2.45, 2.75) is 20.3 Å². The summed E-state index contributed by atoms with van der Waals surface area (Å²) in [6, 6.07) is 29.8. The Hall–Kier alpha value is -4.24. The van der Waals surface area contributed by atoms with Gasteiger partial charge in [-0.3, -0.25) is 4.98 Å². The molecule has 6 aromatic rings. The Morgan fingerprint density at radius 1 is 0.829 bits per heavy atom. The van der Waals surface area contributed by atoms with Crippen molar-refractivity contribution in [1.29, 1.82) is 0 Å². The number of hydrogen-bond acceptors (Lipinski definition) is 2. The van der Waals surface area contributed by atoms with Crippen LogP contribution in [0.15, 0.2) is 102 Å². The van der Waals surface area contributed by atoms with Gasteiger partial charge in [-0.05, 0) is 79.4 Å². The van der Waals surface area contributed by atoms with Crippen molar-refractivity contribution in [2.75, 3.05) is 0 Å². The molecule has 0 unspecified atom stereocenters. The summed E-state index contributed by atoms with van der Waals surface area (Å²) in [6.45, 7) is 4.33. The second kappa shape index (κ2) is 8.52. The van der Waals surface area contributed by atoms with Crippen LogP contribution >= 0.6 is 0 Å². The Morgan fingerprint density at radius 3 is 2.49 bits per heavy atom. The van der Waals surface area contributed by atoms with Gasteiger partial charge in [0.2, 0.25) is 5.69 Å². The van der Waals surface area contributed by atoms with Gasteiger partial charge in [0, 0.05) is 40.2 Å². The first-order valence-electron chi connectivity index (χ1n) is 12.0. The molecule has 3 aromatic heterocycles. The molecule has 3 heterocycles. The Morgan fingerprint density at radius 2 is 1.66 bits per heavy atom. The predicted octanol–water partition coefficient (Wildman–Crippen LogP) is 7.35. The van der Waals surface area contributed by atoms with Gasteiger partial charge in [0.15, 0.2) is 6.20 Å². The van der Waals surface area contributed by atoms with E-state index in [0.29, 0.717) is 0 Å². The SMILES string of the molecule is Cc1ccc2oc3c(-c4ccccn4)c(Cc4ccccc4-c4cccc[n+]4C)c(C)cc3c2c1. The average molecular weight is 456 g/mol. The molecule has 0 N–H and O–H groups in total. The minimum absolute atomic E-state index is 0.787. The Bertz CT molecular complexity index is 1700. The highest BCUT2D eigenvalue weighted by molar-refractivity contribution is 6.10. The number of benzene rings is 3. The first-order valence-corrected chi connectivity index (χ1v) is 12.0. The molecule has 6 rings (SSSR count). The maximum Gasteiger partial charge on any atom is 0.212 e. The third-order valence-corrected chi connectivity index (χ3v) is 6.88. The molecule has 0 aliphatic rings.